The van der Waals surface area contributed by atoms with Gasteiger partial charge in [-0.2, -0.15) is 5.26 Å². The largest absolute Gasteiger partial charge is 0.253 e. The van der Waals surface area contributed by atoms with E-state index in [0.717, 1.165) is 9.86 Å². The van der Waals surface area contributed by atoms with Crippen LogP contribution in [0.15, 0.2) is 29.0 Å². The lowest BCUT2D eigenvalue weighted by molar-refractivity contribution is 1.25. The minimum Gasteiger partial charge on any atom is -0.253 e. The lowest BCUT2D eigenvalue weighted by Gasteiger charge is -1.99. The Morgan fingerprint density at radius 3 is 3.00 bits per heavy atom. The normalized spacial score (nSPS) is 9.85. The van der Waals surface area contributed by atoms with Gasteiger partial charge in [-0.3, -0.25) is 4.98 Å². The number of hydrogen-bond donors (Lipinski definition) is 0. The Morgan fingerprint density at radius 2 is 2.23 bits per heavy atom. The highest BCUT2D eigenvalue weighted by atomic mass is 79.9. The van der Waals surface area contributed by atoms with Crippen molar-refractivity contribution in [2.75, 3.05) is 0 Å². The fraction of sp³-hybridized carbons (Fsp3) is 0. The van der Waals surface area contributed by atoms with Gasteiger partial charge in [0.25, 0.3) is 0 Å². The van der Waals surface area contributed by atoms with Crippen molar-refractivity contribution in [3.05, 3.63) is 34.7 Å². The molecule has 2 aromatic heterocycles. The second-order valence-corrected chi connectivity index (χ2v) is 3.32. The smallest absolute Gasteiger partial charge is 0.166 e. The van der Waals surface area contributed by atoms with E-state index in [1.165, 1.54) is 0 Å². The molecular formula is C9H4BrN3. The van der Waals surface area contributed by atoms with Crippen LogP contribution in [0.4, 0.5) is 0 Å². The van der Waals surface area contributed by atoms with Crippen LogP contribution in [0.5, 0.6) is 0 Å². The van der Waals surface area contributed by atoms with Crippen LogP contribution in [-0.4, -0.2) is 9.97 Å². The topological polar surface area (TPSA) is 49.6 Å². The molecule has 62 valence electrons. The Hall–Kier alpha value is -1.47. The summed E-state index contributed by atoms with van der Waals surface area (Å²) in [6, 6.07) is 5.73. The fourth-order valence-electron chi connectivity index (χ4n) is 1.12. The predicted octanol–water partition coefficient (Wildman–Crippen LogP) is 2.26. The summed E-state index contributed by atoms with van der Waals surface area (Å²) in [6.45, 7) is 0. The number of fused-ring (bicyclic) bond motifs is 1. The molecule has 0 amide bonds. The lowest BCUT2D eigenvalue weighted by Crippen LogP contribution is -1.88. The summed E-state index contributed by atoms with van der Waals surface area (Å²) in [5.74, 6) is 0. The van der Waals surface area contributed by atoms with Crippen molar-refractivity contribution in [2.45, 2.75) is 0 Å². The monoisotopic (exact) mass is 233 g/mol. The van der Waals surface area contributed by atoms with Gasteiger partial charge in [0, 0.05) is 22.3 Å². The van der Waals surface area contributed by atoms with Gasteiger partial charge in [-0.25, -0.2) is 4.98 Å². The molecule has 0 aliphatic carbocycles. The van der Waals surface area contributed by atoms with Crippen molar-refractivity contribution in [1.82, 2.24) is 9.97 Å². The van der Waals surface area contributed by atoms with Gasteiger partial charge in [-0.1, -0.05) is 0 Å². The summed E-state index contributed by atoms with van der Waals surface area (Å²) in [5.41, 5.74) is 0.998. The van der Waals surface area contributed by atoms with Crippen molar-refractivity contribution in [3.8, 4) is 6.07 Å². The molecule has 0 bridgehead atoms. The number of hydrogen-bond acceptors (Lipinski definition) is 3. The maximum absolute atomic E-state index is 8.76. The average Bonchev–Trinajstić information content (AvgIpc) is 2.19. The molecule has 0 fully saturated rings. The SMILES string of the molecule is N#Cc1ncc(Br)c2cccnc12. The molecule has 2 heterocycles. The molecule has 0 aliphatic rings. The second-order valence-electron chi connectivity index (χ2n) is 2.47. The molecule has 3 nitrogen and oxygen atoms in total. The third-order valence-electron chi connectivity index (χ3n) is 1.70. The van der Waals surface area contributed by atoms with Gasteiger partial charge in [-0.15, -0.1) is 0 Å². The van der Waals surface area contributed by atoms with Crippen LogP contribution < -0.4 is 0 Å². The number of aromatic nitrogens is 2. The average molecular weight is 234 g/mol. The number of nitriles is 1. The summed E-state index contributed by atoms with van der Waals surface area (Å²) in [7, 11) is 0. The van der Waals surface area contributed by atoms with E-state index in [-0.39, 0.29) is 0 Å². The number of rotatable bonds is 0. The van der Waals surface area contributed by atoms with E-state index in [4.69, 9.17) is 5.26 Å². The first-order chi connectivity index (χ1) is 6.33. The summed E-state index contributed by atoms with van der Waals surface area (Å²) in [5, 5.41) is 9.67. The molecule has 0 radical (unpaired) electrons. The molecule has 13 heavy (non-hydrogen) atoms. The van der Waals surface area contributed by atoms with Gasteiger partial charge in [0.2, 0.25) is 0 Å². The van der Waals surface area contributed by atoms with E-state index in [9.17, 15) is 0 Å². The van der Waals surface area contributed by atoms with Crippen LogP contribution in [-0.2, 0) is 0 Å². The summed E-state index contributed by atoms with van der Waals surface area (Å²) < 4.78 is 0.856. The molecule has 0 saturated heterocycles. The predicted molar refractivity (Wildman–Crippen MR) is 52.0 cm³/mol. The van der Waals surface area contributed by atoms with Gasteiger partial charge in [0.05, 0.1) is 0 Å². The second kappa shape index (κ2) is 3.11. The first-order valence-corrected chi connectivity index (χ1v) is 4.41. The van der Waals surface area contributed by atoms with Crippen LogP contribution in [0, 0.1) is 11.3 Å². The Kier molecular flexibility index (Phi) is 1.95. The van der Waals surface area contributed by atoms with Gasteiger partial charge < -0.3 is 0 Å². The molecule has 0 N–H and O–H groups in total. The fourth-order valence-corrected chi connectivity index (χ4v) is 1.54. The van der Waals surface area contributed by atoms with Crippen molar-refractivity contribution in [2.24, 2.45) is 0 Å². The van der Waals surface area contributed by atoms with E-state index in [1.54, 1.807) is 12.4 Å². The molecular weight excluding hydrogens is 230 g/mol. The van der Waals surface area contributed by atoms with Crippen molar-refractivity contribution in [1.29, 1.82) is 5.26 Å². The third-order valence-corrected chi connectivity index (χ3v) is 2.33. The summed E-state index contributed by atoms with van der Waals surface area (Å²) >= 11 is 3.35. The zero-order chi connectivity index (χ0) is 9.26. The van der Waals surface area contributed by atoms with Crippen LogP contribution >= 0.6 is 15.9 Å². The highest BCUT2D eigenvalue weighted by molar-refractivity contribution is 9.10. The zero-order valence-electron chi connectivity index (χ0n) is 6.53. The van der Waals surface area contributed by atoms with E-state index >= 15 is 0 Å². The van der Waals surface area contributed by atoms with E-state index < -0.39 is 0 Å². The molecule has 0 unspecified atom stereocenters. The van der Waals surface area contributed by atoms with Gasteiger partial charge in [0.15, 0.2) is 5.69 Å². The number of nitrogens with zero attached hydrogens (tertiary/aromatic N) is 3. The quantitative estimate of drug-likeness (QED) is 0.702. The Morgan fingerprint density at radius 1 is 1.38 bits per heavy atom. The summed E-state index contributed by atoms with van der Waals surface area (Å²) in [4.78, 5) is 8.05. The minimum absolute atomic E-state index is 0.360. The number of pyridine rings is 2. The van der Waals surface area contributed by atoms with Crippen molar-refractivity contribution in [3.63, 3.8) is 0 Å². The highest BCUT2D eigenvalue weighted by Gasteiger charge is 2.04. The molecule has 4 heteroatoms. The molecule has 0 saturated carbocycles. The molecule has 0 aromatic carbocycles. The molecule has 0 aliphatic heterocycles. The first-order valence-electron chi connectivity index (χ1n) is 3.62. The van der Waals surface area contributed by atoms with E-state index in [0.29, 0.717) is 11.2 Å². The molecule has 0 atom stereocenters. The van der Waals surface area contributed by atoms with Crippen LogP contribution in [0.1, 0.15) is 5.69 Å². The van der Waals surface area contributed by atoms with Crippen molar-refractivity contribution < 1.29 is 0 Å². The highest BCUT2D eigenvalue weighted by Crippen LogP contribution is 2.22. The number of halogens is 1. The molecule has 2 aromatic rings. The Bertz CT molecular complexity index is 502. The Labute approximate surface area is 83.2 Å². The van der Waals surface area contributed by atoms with E-state index in [2.05, 4.69) is 25.9 Å². The van der Waals surface area contributed by atoms with E-state index in [1.807, 2.05) is 18.2 Å². The first kappa shape index (κ1) is 8.14. The summed E-state index contributed by atoms with van der Waals surface area (Å²) in [6.07, 6.45) is 3.26. The van der Waals surface area contributed by atoms with Gasteiger partial charge >= 0.3 is 0 Å². The zero-order valence-corrected chi connectivity index (χ0v) is 8.12. The molecule has 0 spiro atoms. The van der Waals surface area contributed by atoms with Gasteiger partial charge in [0.1, 0.15) is 11.6 Å². The van der Waals surface area contributed by atoms with Crippen LogP contribution in [0.3, 0.4) is 0 Å². The third kappa shape index (κ3) is 1.27. The van der Waals surface area contributed by atoms with Crippen LogP contribution in [0.2, 0.25) is 0 Å². The maximum Gasteiger partial charge on any atom is 0.166 e. The Balaban J connectivity index is 2.95. The minimum atomic E-state index is 0.360. The molecule has 2 rings (SSSR count). The maximum atomic E-state index is 8.76. The van der Waals surface area contributed by atoms with Gasteiger partial charge in [-0.05, 0) is 28.1 Å². The van der Waals surface area contributed by atoms with Crippen LogP contribution in [0.25, 0.3) is 10.9 Å². The standard InChI is InChI=1S/C9H4BrN3/c10-7-5-13-8(4-11)9-6(7)2-1-3-12-9/h1-3,5H. The lowest BCUT2D eigenvalue weighted by atomic mass is 10.2. The van der Waals surface area contributed by atoms with Crippen molar-refractivity contribution >= 4 is 26.8 Å².